The molecule has 0 radical (unpaired) electrons. The molecule has 0 aliphatic carbocycles. The quantitative estimate of drug-likeness (QED) is 0.768. The van der Waals surface area contributed by atoms with Crippen molar-refractivity contribution in [3.8, 4) is 0 Å². The molecule has 3 aliphatic heterocycles. The van der Waals surface area contributed by atoms with Gasteiger partial charge in [0.1, 0.15) is 0 Å². The fourth-order valence-corrected chi connectivity index (χ4v) is 3.86. The first kappa shape index (κ1) is 10.6. The van der Waals surface area contributed by atoms with Crippen LogP contribution < -0.4 is 5.32 Å². The zero-order chi connectivity index (χ0) is 11.1. The maximum atomic E-state index is 12.5. The van der Waals surface area contributed by atoms with Crippen LogP contribution in [0.4, 0.5) is 0 Å². The topological polar surface area (TPSA) is 32.3 Å². The van der Waals surface area contributed by atoms with Gasteiger partial charge in [0.05, 0.1) is 5.92 Å². The molecule has 3 heterocycles. The van der Waals surface area contributed by atoms with Crippen LogP contribution in [0.1, 0.15) is 45.4 Å². The van der Waals surface area contributed by atoms with Crippen molar-refractivity contribution in [2.24, 2.45) is 5.92 Å². The Bertz CT molecular complexity index is 284. The molecule has 1 amide bonds. The SMILES string of the molecule is CCC1CCCN1C(=O)C1CC2CCC1N2. The third-order valence-corrected chi connectivity index (χ3v) is 4.75. The molecule has 0 aromatic carbocycles. The van der Waals surface area contributed by atoms with Gasteiger partial charge >= 0.3 is 0 Å². The summed E-state index contributed by atoms with van der Waals surface area (Å²) in [7, 11) is 0. The molecule has 3 nitrogen and oxygen atoms in total. The Balaban J connectivity index is 1.68. The summed E-state index contributed by atoms with van der Waals surface area (Å²) in [6.45, 7) is 3.21. The van der Waals surface area contributed by atoms with Crippen molar-refractivity contribution in [2.45, 2.75) is 63.6 Å². The number of carbonyl (C=O) groups is 1. The van der Waals surface area contributed by atoms with E-state index >= 15 is 0 Å². The zero-order valence-corrected chi connectivity index (χ0v) is 10.1. The third-order valence-electron chi connectivity index (χ3n) is 4.75. The lowest BCUT2D eigenvalue weighted by atomic mass is 9.88. The number of nitrogens with one attached hydrogen (secondary N) is 1. The average molecular weight is 222 g/mol. The van der Waals surface area contributed by atoms with E-state index in [-0.39, 0.29) is 0 Å². The molecule has 3 rings (SSSR count). The number of nitrogens with zero attached hydrogens (tertiary/aromatic N) is 1. The fraction of sp³-hybridized carbons (Fsp3) is 0.923. The number of rotatable bonds is 2. The summed E-state index contributed by atoms with van der Waals surface area (Å²) in [4.78, 5) is 14.7. The molecular formula is C13H22N2O. The molecule has 4 unspecified atom stereocenters. The maximum absolute atomic E-state index is 12.5. The molecular weight excluding hydrogens is 200 g/mol. The number of hydrogen-bond acceptors (Lipinski definition) is 2. The van der Waals surface area contributed by atoms with Crippen molar-refractivity contribution in [1.29, 1.82) is 0 Å². The lowest BCUT2D eigenvalue weighted by Gasteiger charge is -2.29. The molecule has 3 aliphatic rings. The Morgan fingerprint density at radius 1 is 1.38 bits per heavy atom. The van der Waals surface area contributed by atoms with Crippen LogP contribution in [0.5, 0.6) is 0 Å². The first-order valence-corrected chi connectivity index (χ1v) is 6.86. The van der Waals surface area contributed by atoms with E-state index in [1.807, 2.05) is 0 Å². The Kier molecular flexibility index (Phi) is 2.66. The standard InChI is InChI=1S/C13H22N2O/c1-2-10-4-3-7-15(10)13(16)11-8-9-5-6-12(11)14-9/h9-12,14H,2-8H2,1H3. The minimum absolute atomic E-state index is 0.297. The van der Waals surface area contributed by atoms with Crippen molar-refractivity contribution in [3.63, 3.8) is 0 Å². The van der Waals surface area contributed by atoms with Crippen LogP contribution in [-0.2, 0) is 4.79 Å². The molecule has 3 heteroatoms. The maximum Gasteiger partial charge on any atom is 0.227 e. The number of carbonyl (C=O) groups excluding carboxylic acids is 1. The van der Waals surface area contributed by atoms with Crippen LogP contribution in [-0.4, -0.2) is 35.5 Å². The van der Waals surface area contributed by atoms with Gasteiger partial charge in [-0.1, -0.05) is 6.92 Å². The van der Waals surface area contributed by atoms with Crippen LogP contribution in [0.25, 0.3) is 0 Å². The summed E-state index contributed by atoms with van der Waals surface area (Å²) in [5, 5.41) is 3.57. The Morgan fingerprint density at radius 2 is 2.25 bits per heavy atom. The van der Waals surface area contributed by atoms with Gasteiger partial charge in [0.15, 0.2) is 0 Å². The van der Waals surface area contributed by atoms with E-state index in [4.69, 9.17) is 0 Å². The largest absolute Gasteiger partial charge is 0.339 e. The molecule has 0 spiro atoms. The van der Waals surface area contributed by atoms with Crippen molar-refractivity contribution in [1.82, 2.24) is 10.2 Å². The lowest BCUT2D eigenvalue weighted by Crippen LogP contribution is -2.43. The molecule has 4 atom stereocenters. The second-order valence-corrected chi connectivity index (χ2v) is 5.63. The summed E-state index contributed by atoms with van der Waals surface area (Å²) in [5.74, 6) is 0.745. The van der Waals surface area contributed by atoms with Gasteiger partial charge in [-0.15, -0.1) is 0 Å². The zero-order valence-electron chi connectivity index (χ0n) is 10.1. The van der Waals surface area contributed by atoms with Gasteiger partial charge in [-0.05, 0) is 38.5 Å². The molecule has 2 bridgehead atoms. The normalized spacial score (nSPS) is 41.9. The Labute approximate surface area is 97.6 Å². The molecule has 3 fully saturated rings. The van der Waals surface area contributed by atoms with E-state index in [0.29, 0.717) is 30.0 Å². The Morgan fingerprint density at radius 3 is 2.88 bits per heavy atom. The summed E-state index contributed by atoms with van der Waals surface area (Å²) < 4.78 is 0. The summed E-state index contributed by atoms with van der Waals surface area (Å²) in [6.07, 6.45) is 7.14. The van der Waals surface area contributed by atoms with Gasteiger partial charge in [0, 0.05) is 24.7 Å². The van der Waals surface area contributed by atoms with E-state index in [2.05, 4.69) is 17.1 Å². The van der Waals surface area contributed by atoms with E-state index in [1.165, 1.54) is 25.7 Å². The second-order valence-electron chi connectivity index (χ2n) is 5.63. The highest BCUT2D eigenvalue weighted by molar-refractivity contribution is 5.80. The van der Waals surface area contributed by atoms with Gasteiger partial charge in [-0.25, -0.2) is 0 Å². The van der Waals surface area contributed by atoms with E-state index < -0.39 is 0 Å². The van der Waals surface area contributed by atoms with Gasteiger partial charge < -0.3 is 10.2 Å². The van der Waals surface area contributed by atoms with Crippen molar-refractivity contribution in [3.05, 3.63) is 0 Å². The van der Waals surface area contributed by atoms with E-state index in [9.17, 15) is 4.79 Å². The third kappa shape index (κ3) is 1.56. The molecule has 0 aromatic heterocycles. The number of amides is 1. The minimum Gasteiger partial charge on any atom is -0.339 e. The summed E-state index contributed by atoms with van der Waals surface area (Å²) in [5.41, 5.74) is 0. The highest BCUT2D eigenvalue weighted by Crippen LogP contribution is 2.36. The predicted molar refractivity (Wildman–Crippen MR) is 63.1 cm³/mol. The second kappa shape index (κ2) is 4.02. The smallest absolute Gasteiger partial charge is 0.227 e. The number of fused-ring (bicyclic) bond motifs is 2. The molecule has 90 valence electrons. The fourth-order valence-electron chi connectivity index (χ4n) is 3.86. The van der Waals surface area contributed by atoms with Crippen LogP contribution in [0.2, 0.25) is 0 Å². The minimum atomic E-state index is 0.297. The highest BCUT2D eigenvalue weighted by atomic mass is 16.2. The van der Waals surface area contributed by atoms with Crippen LogP contribution in [0, 0.1) is 5.92 Å². The van der Waals surface area contributed by atoms with Crippen molar-refractivity contribution >= 4 is 5.91 Å². The highest BCUT2D eigenvalue weighted by Gasteiger charge is 2.45. The van der Waals surface area contributed by atoms with Crippen LogP contribution >= 0.6 is 0 Å². The van der Waals surface area contributed by atoms with Crippen LogP contribution in [0.3, 0.4) is 0 Å². The number of hydrogen-bond donors (Lipinski definition) is 1. The van der Waals surface area contributed by atoms with Gasteiger partial charge in [-0.2, -0.15) is 0 Å². The first-order chi connectivity index (χ1) is 7.79. The predicted octanol–water partition coefficient (Wildman–Crippen LogP) is 1.53. The Hall–Kier alpha value is -0.570. The summed E-state index contributed by atoms with van der Waals surface area (Å²) >= 11 is 0. The van der Waals surface area contributed by atoms with Gasteiger partial charge in [0.2, 0.25) is 5.91 Å². The van der Waals surface area contributed by atoms with Gasteiger partial charge in [0.25, 0.3) is 0 Å². The first-order valence-electron chi connectivity index (χ1n) is 6.86. The van der Waals surface area contributed by atoms with Gasteiger partial charge in [-0.3, -0.25) is 4.79 Å². The molecule has 16 heavy (non-hydrogen) atoms. The molecule has 3 saturated heterocycles. The van der Waals surface area contributed by atoms with Crippen molar-refractivity contribution in [2.75, 3.05) is 6.54 Å². The molecule has 0 aromatic rings. The average Bonchev–Trinajstić information content (AvgIpc) is 3.02. The van der Waals surface area contributed by atoms with E-state index in [0.717, 1.165) is 19.4 Å². The monoisotopic (exact) mass is 222 g/mol. The lowest BCUT2D eigenvalue weighted by molar-refractivity contribution is -0.137. The number of likely N-dealkylation sites (tertiary alicyclic amines) is 1. The van der Waals surface area contributed by atoms with Crippen molar-refractivity contribution < 1.29 is 4.79 Å². The van der Waals surface area contributed by atoms with Crippen LogP contribution in [0.15, 0.2) is 0 Å². The summed E-state index contributed by atoms with van der Waals surface area (Å²) in [6, 6.07) is 1.67. The molecule has 1 N–H and O–H groups in total. The van der Waals surface area contributed by atoms with E-state index in [1.54, 1.807) is 0 Å². The molecule has 0 saturated carbocycles.